The van der Waals surface area contributed by atoms with Gasteiger partial charge in [-0.2, -0.15) is 0 Å². The van der Waals surface area contributed by atoms with Crippen molar-refractivity contribution in [3.63, 3.8) is 0 Å². The molecule has 1 heterocycles. The van der Waals surface area contributed by atoms with Crippen LogP contribution in [-0.4, -0.2) is 5.91 Å². The van der Waals surface area contributed by atoms with Gasteiger partial charge in [-0.25, -0.2) is 0 Å². The normalized spacial score (nSPS) is 36.1. The Morgan fingerprint density at radius 3 is 2.91 bits per heavy atom. The minimum Gasteiger partial charge on any atom is -0.332 e. The van der Waals surface area contributed by atoms with Crippen LogP contribution in [0.25, 0.3) is 0 Å². The number of allylic oxidation sites excluding steroid dienone is 1. The summed E-state index contributed by atoms with van der Waals surface area (Å²) in [6.07, 6.45) is 5.38. The van der Waals surface area contributed by atoms with E-state index in [4.69, 9.17) is 0 Å². The first-order valence-electron chi connectivity index (χ1n) is 4.26. The first kappa shape index (κ1) is 6.89. The molecule has 0 bridgehead atoms. The van der Waals surface area contributed by atoms with Gasteiger partial charge in [-0.05, 0) is 25.7 Å². The predicted molar refractivity (Wildman–Crippen MR) is 42.7 cm³/mol. The summed E-state index contributed by atoms with van der Waals surface area (Å²) in [4.78, 5) is 11.3. The third-order valence-electron chi connectivity index (χ3n) is 2.88. The fourth-order valence-corrected chi connectivity index (χ4v) is 2.22. The van der Waals surface area contributed by atoms with Gasteiger partial charge in [0.2, 0.25) is 5.91 Å². The molecule has 2 heteroatoms. The summed E-state index contributed by atoms with van der Waals surface area (Å²) in [6.45, 7) is 2.11. The fourth-order valence-electron chi connectivity index (χ4n) is 2.22. The summed E-state index contributed by atoms with van der Waals surface area (Å²) in [5.74, 6) is 1.09. The van der Waals surface area contributed by atoms with Gasteiger partial charge in [0.1, 0.15) is 0 Å². The number of fused-ring (bicyclic) bond motifs is 1. The van der Waals surface area contributed by atoms with Crippen LogP contribution in [0.15, 0.2) is 11.8 Å². The molecule has 1 aliphatic heterocycles. The van der Waals surface area contributed by atoms with Crippen LogP contribution in [0.1, 0.15) is 26.2 Å². The van der Waals surface area contributed by atoms with Crippen LogP contribution >= 0.6 is 0 Å². The number of amides is 1. The molecule has 1 amide bonds. The number of carbonyl (C=O) groups excluding carboxylic acids is 1. The van der Waals surface area contributed by atoms with Crippen LogP contribution in [0.3, 0.4) is 0 Å². The zero-order chi connectivity index (χ0) is 7.84. The maximum absolute atomic E-state index is 11.3. The quantitative estimate of drug-likeness (QED) is 0.557. The Bertz CT molecular complexity index is 220. The van der Waals surface area contributed by atoms with E-state index in [-0.39, 0.29) is 5.91 Å². The van der Waals surface area contributed by atoms with Crippen LogP contribution in [0.5, 0.6) is 0 Å². The zero-order valence-electron chi connectivity index (χ0n) is 6.76. The highest BCUT2D eigenvalue weighted by Crippen LogP contribution is 2.38. The van der Waals surface area contributed by atoms with Crippen LogP contribution in [0, 0.1) is 11.8 Å². The molecular weight excluding hydrogens is 138 g/mol. The van der Waals surface area contributed by atoms with Gasteiger partial charge in [-0.1, -0.05) is 12.0 Å². The minimum atomic E-state index is 0.234. The summed E-state index contributed by atoms with van der Waals surface area (Å²) < 4.78 is 0. The molecule has 1 aliphatic carbocycles. The van der Waals surface area contributed by atoms with Crippen molar-refractivity contribution in [2.24, 2.45) is 11.8 Å². The maximum Gasteiger partial charge on any atom is 0.227 e. The summed E-state index contributed by atoms with van der Waals surface area (Å²) in [5, 5.41) is 2.80. The van der Waals surface area contributed by atoms with E-state index in [0.29, 0.717) is 11.8 Å². The average Bonchev–Trinajstić information content (AvgIpc) is 2.45. The van der Waals surface area contributed by atoms with Crippen molar-refractivity contribution < 1.29 is 4.79 Å². The molecule has 0 aromatic rings. The van der Waals surface area contributed by atoms with Crippen molar-refractivity contribution in [3.8, 4) is 0 Å². The lowest BCUT2D eigenvalue weighted by atomic mass is 9.87. The number of nitrogens with one attached hydrogen (secondary N) is 1. The number of rotatable bonds is 0. The third-order valence-corrected chi connectivity index (χ3v) is 2.88. The van der Waals surface area contributed by atoms with Gasteiger partial charge in [0.15, 0.2) is 0 Å². The van der Waals surface area contributed by atoms with Gasteiger partial charge in [0.25, 0.3) is 0 Å². The SMILES string of the molecule is CC1=CNC(=O)C2CCCC12. The maximum atomic E-state index is 11.3. The van der Waals surface area contributed by atoms with Gasteiger partial charge in [0.05, 0.1) is 0 Å². The molecule has 2 rings (SSSR count). The zero-order valence-corrected chi connectivity index (χ0v) is 6.76. The average molecular weight is 151 g/mol. The molecule has 0 saturated heterocycles. The largest absolute Gasteiger partial charge is 0.332 e. The van der Waals surface area contributed by atoms with Crippen LogP contribution < -0.4 is 5.32 Å². The first-order valence-corrected chi connectivity index (χ1v) is 4.26. The summed E-state index contributed by atoms with van der Waals surface area (Å²) in [6, 6.07) is 0. The van der Waals surface area contributed by atoms with E-state index in [1.165, 1.54) is 18.4 Å². The molecular formula is C9H13NO. The topological polar surface area (TPSA) is 29.1 Å². The second-order valence-corrected chi connectivity index (χ2v) is 3.54. The second kappa shape index (κ2) is 2.36. The van der Waals surface area contributed by atoms with Crippen LogP contribution in [0.4, 0.5) is 0 Å². The van der Waals surface area contributed by atoms with E-state index in [9.17, 15) is 4.79 Å². The molecule has 60 valence electrons. The fraction of sp³-hybridized carbons (Fsp3) is 0.667. The minimum absolute atomic E-state index is 0.234. The van der Waals surface area contributed by atoms with Crippen LogP contribution in [-0.2, 0) is 4.79 Å². The van der Waals surface area contributed by atoms with E-state index in [1.54, 1.807) is 0 Å². The Balaban J connectivity index is 2.27. The highest BCUT2D eigenvalue weighted by Gasteiger charge is 2.35. The van der Waals surface area contributed by atoms with Gasteiger partial charge in [-0.3, -0.25) is 4.79 Å². The molecule has 0 aromatic heterocycles. The van der Waals surface area contributed by atoms with E-state index >= 15 is 0 Å². The number of carbonyl (C=O) groups is 1. The molecule has 0 spiro atoms. The molecule has 0 aromatic carbocycles. The Morgan fingerprint density at radius 1 is 1.45 bits per heavy atom. The number of hydrogen-bond acceptors (Lipinski definition) is 1. The Morgan fingerprint density at radius 2 is 2.18 bits per heavy atom. The third kappa shape index (κ3) is 0.971. The van der Waals surface area contributed by atoms with Crippen LogP contribution in [0.2, 0.25) is 0 Å². The van der Waals surface area contributed by atoms with E-state index in [2.05, 4.69) is 12.2 Å². The van der Waals surface area contributed by atoms with Gasteiger partial charge < -0.3 is 5.32 Å². The Labute approximate surface area is 66.7 Å². The highest BCUT2D eigenvalue weighted by atomic mass is 16.1. The summed E-state index contributed by atoms with van der Waals surface area (Å²) >= 11 is 0. The molecule has 2 unspecified atom stereocenters. The van der Waals surface area contributed by atoms with E-state index < -0.39 is 0 Å². The predicted octanol–water partition coefficient (Wildman–Crippen LogP) is 1.44. The van der Waals surface area contributed by atoms with Crippen molar-refractivity contribution in [2.45, 2.75) is 26.2 Å². The standard InChI is InChI=1S/C9H13NO/c1-6-5-10-9(11)8-4-2-3-7(6)8/h5,7-8H,2-4H2,1H3,(H,10,11). The van der Waals surface area contributed by atoms with Crippen molar-refractivity contribution >= 4 is 5.91 Å². The first-order chi connectivity index (χ1) is 5.29. The molecule has 2 nitrogen and oxygen atoms in total. The lowest BCUT2D eigenvalue weighted by molar-refractivity contribution is -0.125. The second-order valence-electron chi connectivity index (χ2n) is 3.54. The van der Waals surface area contributed by atoms with Crippen molar-refractivity contribution in [1.82, 2.24) is 5.32 Å². The molecule has 1 fully saturated rings. The molecule has 2 aliphatic rings. The summed E-state index contributed by atoms with van der Waals surface area (Å²) in [5.41, 5.74) is 1.35. The lowest BCUT2D eigenvalue weighted by Gasteiger charge is -2.23. The highest BCUT2D eigenvalue weighted by molar-refractivity contribution is 5.81. The van der Waals surface area contributed by atoms with E-state index in [0.717, 1.165) is 6.42 Å². The molecule has 11 heavy (non-hydrogen) atoms. The molecule has 0 radical (unpaired) electrons. The van der Waals surface area contributed by atoms with Gasteiger partial charge >= 0.3 is 0 Å². The lowest BCUT2D eigenvalue weighted by Crippen LogP contribution is -2.34. The van der Waals surface area contributed by atoms with Crippen molar-refractivity contribution in [1.29, 1.82) is 0 Å². The Hall–Kier alpha value is -0.790. The molecule has 1 saturated carbocycles. The van der Waals surface area contributed by atoms with E-state index in [1.807, 2.05) is 6.20 Å². The Kier molecular flexibility index (Phi) is 1.48. The number of hydrogen-bond donors (Lipinski definition) is 1. The monoisotopic (exact) mass is 151 g/mol. The molecule has 2 atom stereocenters. The smallest absolute Gasteiger partial charge is 0.227 e. The van der Waals surface area contributed by atoms with Crippen molar-refractivity contribution in [3.05, 3.63) is 11.8 Å². The van der Waals surface area contributed by atoms with Gasteiger partial charge in [-0.15, -0.1) is 0 Å². The molecule has 1 N–H and O–H groups in total. The van der Waals surface area contributed by atoms with Crippen molar-refractivity contribution in [2.75, 3.05) is 0 Å². The summed E-state index contributed by atoms with van der Waals surface area (Å²) in [7, 11) is 0. The van der Waals surface area contributed by atoms with Gasteiger partial charge in [0, 0.05) is 12.1 Å².